The molecule has 6 heteroatoms. The third kappa shape index (κ3) is 3.41. The number of nitrogens with two attached hydrogens (primary N) is 1. The van der Waals surface area contributed by atoms with Crippen LogP contribution in [-0.2, 0) is 0 Å². The maximum atomic E-state index is 14.7. The van der Waals surface area contributed by atoms with E-state index < -0.39 is 23.6 Å². The van der Waals surface area contributed by atoms with Gasteiger partial charge in [0.25, 0.3) is 0 Å². The highest BCUT2D eigenvalue weighted by molar-refractivity contribution is 6.35. The van der Waals surface area contributed by atoms with E-state index in [9.17, 15) is 14.0 Å². The van der Waals surface area contributed by atoms with Crippen LogP contribution in [0.15, 0.2) is 36.4 Å². The van der Waals surface area contributed by atoms with Gasteiger partial charge >= 0.3 is 5.97 Å². The van der Waals surface area contributed by atoms with Crippen LogP contribution in [-0.4, -0.2) is 16.9 Å². The van der Waals surface area contributed by atoms with Crippen LogP contribution in [0.2, 0.25) is 5.02 Å². The molecule has 0 aliphatic rings. The first-order valence-corrected chi connectivity index (χ1v) is 7.36. The highest BCUT2D eigenvalue weighted by atomic mass is 35.5. The van der Waals surface area contributed by atoms with Crippen molar-refractivity contribution in [2.24, 2.45) is 5.73 Å². The van der Waals surface area contributed by atoms with Gasteiger partial charge in [-0.15, -0.1) is 0 Å². The van der Waals surface area contributed by atoms with Gasteiger partial charge in [0.2, 0.25) is 0 Å². The van der Waals surface area contributed by atoms with E-state index in [4.69, 9.17) is 22.4 Å². The lowest BCUT2D eigenvalue weighted by Crippen LogP contribution is -2.15. The monoisotopic (exact) mass is 335 g/mol. The third-order valence-electron chi connectivity index (χ3n) is 3.56. The van der Waals surface area contributed by atoms with E-state index in [0.29, 0.717) is 6.42 Å². The van der Waals surface area contributed by atoms with Crippen molar-refractivity contribution in [1.29, 1.82) is 0 Å². The largest absolute Gasteiger partial charge is 0.478 e. The maximum Gasteiger partial charge on any atom is 0.335 e. The first kappa shape index (κ1) is 17.1. The molecule has 0 aliphatic heterocycles. The minimum Gasteiger partial charge on any atom is -0.478 e. The van der Waals surface area contributed by atoms with Crippen molar-refractivity contribution in [3.63, 3.8) is 0 Å². The molecule has 0 bridgehead atoms. The lowest BCUT2D eigenvalue weighted by molar-refractivity contribution is 0.0697. The van der Waals surface area contributed by atoms with Crippen molar-refractivity contribution < 1.29 is 19.1 Å². The Morgan fingerprint density at radius 1 is 1.26 bits per heavy atom. The summed E-state index contributed by atoms with van der Waals surface area (Å²) in [5.41, 5.74) is 5.74. The number of aromatic carboxylic acids is 1. The number of halogens is 2. The summed E-state index contributed by atoms with van der Waals surface area (Å²) < 4.78 is 14.7. The number of carboxylic acids is 1. The van der Waals surface area contributed by atoms with Crippen molar-refractivity contribution in [1.82, 2.24) is 0 Å². The van der Waals surface area contributed by atoms with Crippen molar-refractivity contribution in [2.75, 3.05) is 0 Å². The Kier molecular flexibility index (Phi) is 5.13. The van der Waals surface area contributed by atoms with E-state index in [2.05, 4.69) is 0 Å². The Labute approximate surface area is 137 Å². The number of carbonyl (C=O) groups is 2. The van der Waals surface area contributed by atoms with Crippen molar-refractivity contribution in [3.05, 3.63) is 69.5 Å². The first-order chi connectivity index (χ1) is 10.9. The van der Waals surface area contributed by atoms with Crippen LogP contribution >= 0.6 is 11.6 Å². The van der Waals surface area contributed by atoms with Crippen LogP contribution in [0.1, 0.15) is 51.2 Å². The van der Waals surface area contributed by atoms with Gasteiger partial charge in [0.15, 0.2) is 5.78 Å². The molecule has 23 heavy (non-hydrogen) atoms. The molecule has 0 aliphatic carbocycles. The van der Waals surface area contributed by atoms with Crippen LogP contribution in [0.4, 0.5) is 4.39 Å². The van der Waals surface area contributed by atoms with Gasteiger partial charge in [-0.1, -0.05) is 36.7 Å². The van der Waals surface area contributed by atoms with E-state index in [0.717, 1.165) is 0 Å². The van der Waals surface area contributed by atoms with Gasteiger partial charge in [0.1, 0.15) is 5.82 Å². The van der Waals surface area contributed by atoms with Crippen molar-refractivity contribution >= 4 is 23.4 Å². The predicted molar refractivity (Wildman–Crippen MR) is 85.5 cm³/mol. The van der Waals surface area contributed by atoms with E-state index >= 15 is 0 Å². The Morgan fingerprint density at radius 3 is 2.52 bits per heavy atom. The van der Waals surface area contributed by atoms with Crippen LogP contribution in [0, 0.1) is 5.82 Å². The fourth-order valence-electron chi connectivity index (χ4n) is 2.22. The van der Waals surface area contributed by atoms with Gasteiger partial charge in [0.05, 0.1) is 16.1 Å². The smallest absolute Gasteiger partial charge is 0.335 e. The summed E-state index contributed by atoms with van der Waals surface area (Å²) in [5, 5.41) is 8.95. The molecule has 0 amide bonds. The fraction of sp³-hybridized carbons (Fsp3) is 0.176. The molecule has 3 N–H and O–H groups in total. The summed E-state index contributed by atoms with van der Waals surface area (Å²) in [6.07, 6.45) is 0.501. The maximum absolute atomic E-state index is 14.7. The first-order valence-electron chi connectivity index (χ1n) is 6.98. The topological polar surface area (TPSA) is 80.4 Å². The zero-order valence-corrected chi connectivity index (χ0v) is 13.1. The summed E-state index contributed by atoms with van der Waals surface area (Å²) in [7, 11) is 0. The molecule has 0 heterocycles. The number of carboxylic acid groups (broad SMARTS) is 1. The molecule has 0 aromatic heterocycles. The molecule has 2 rings (SSSR count). The zero-order chi connectivity index (χ0) is 17.1. The molecule has 2 aromatic rings. The molecule has 0 saturated carbocycles. The third-order valence-corrected chi connectivity index (χ3v) is 3.87. The van der Waals surface area contributed by atoms with Gasteiger partial charge in [-0.05, 0) is 24.6 Å². The van der Waals surface area contributed by atoms with Gasteiger partial charge < -0.3 is 10.8 Å². The predicted octanol–water partition coefficient (Wildman–Crippen LogP) is 3.82. The molecule has 1 unspecified atom stereocenters. The molecule has 4 nitrogen and oxygen atoms in total. The Balaban J connectivity index is 2.55. The summed E-state index contributed by atoms with van der Waals surface area (Å²) in [4.78, 5) is 23.6. The lowest BCUT2D eigenvalue weighted by Gasteiger charge is -2.14. The quantitative estimate of drug-likeness (QED) is 0.814. The molecule has 0 fully saturated rings. The normalized spacial score (nSPS) is 12.0. The van der Waals surface area contributed by atoms with Crippen LogP contribution in [0.3, 0.4) is 0 Å². The second kappa shape index (κ2) is 6.89. The lowest BCUT2D eigenvalue weighted by atomic mass is 9.96. The Hall–Kier alpha value is -2.24. The second-order valence-corrected chi connectivity index (χ2v) is 5.46. The Bertz CT molecular complexity index is 776. The molecule has 0 radical (unpaired) electrons. The zero-order valence-electron chi connectivity index (χ0n) is 12.3. The van der Waals surface area contributed by atoms with E-state index in [1.807, 2.05) is 0 Å². The number of ketones is 1. The van der Waals surface area contributed by atoms with Crippen LogP contribution in [0.5, 0.6) is 0 Å². The summed E-state index contributed by atoms with van der Waals surface area (Å²) in [5.74, 6) is -2.62. The van der Waals surface area contributed by atoms with E-state index in [-0.39, 0.29) is 27.3 Å². The highest BCUT2D eigenvalue weighted by Crippen LogP contribution is 2.28. The average Bonchev–Trinajstić information content (AvgIpc) is 2.54. The minimum atomic E-state index is -1.17. The van der Waals surface area contributed by atoms with Crippen LogP contribution in [0.25, 0.3) is 0 Å². The molecule has 0 saturated heterocycles. The standard InChI is InChI=1S/C17H15ClFNO3/c1-2-13(20)11-6-7-12(18)14(15(11)19)16(21)9-4-3-5-10(8-9)17(22)23/h3-8,13H,2,20H2,1H3,(H,22,23). The molecule has 2 aromatic carbocycles. The molecule has 0 spiro atoms. The number of benzene rings is 2. The summed E-state index contributed by atoms with van der Waals surface area (Å²) >= 11 is 5.98. The van der Waals surface area contributed by atoms with Gasteiger partial charge in [0, 0.05) is 17.2 Å². The molecular formula is C17H15ClFNO3. The molecular weight excluding hydrogens is 321 g/mol. The van der Waals surface area contributed by atoms with E-state index in [1.165, 1.54) is 36.4 Å². The number of hydrogen-bond donors (Lipinski definition) is 2. The summed E-state index contributed by atoms with van der Waals surface area (Å²) in [6.45, 7) is 1.80. The van der Waals surface area contributed by atoms with Gasteiger partial charge in [-0.2, -0.15) is 0 Å². The SMILES string of the molecule is CCC(N)c1ccc(Cl)c(C(=O)c2cccc(C(=O)O)c2)c1F. The second-order valence-electron chi connectivity index (χ2n) is 5.06. The number of carbonyl (C=O) groups excluding carboxylic acids is 1. The highest BCUT2D eigenvalue weighted by Gasteiger charge is 2.23. The average molecular weight is 336 g/mol. The van der Waals surface area contributed by atoms with E-state index in [1.54, 1.807) is 6.92 Å². The van der Waals surface area contributed by atoms with Crippen LogP contribution < -0.4 is 5.73 Å². The number of hydrogen-bond acceptors (Lipinski definition) is 3. The molecule has 1 atom stereocenters. The minimum absolute atomic E-state index is 0.0414. The fourth-order valence-corrected chi connectivity index (χ4v) is 2.45. The summed E-state index contributed by atoms with van der Waals surface area (Å²) in [6, 6.07) is 7.69. The van der Waals surface area contributed by atoms with Crippen molar-refractivity contribution in [2.45, 2.75) is 19.4 Å². The van der Waals surface area contributed by atoms with Crippen molar-refractivity contribution in [3.8, 4) is 0 Å². The Morgan fingerprint density at radius 2 is 1.91 bits per heavy atom. The number of rotatable bonds is 5. The van der Waals surface area contributed by atoms with Gasteiger partial charge in [-0.25, -0.2) is 9.18 Å². The molecule has 120 valence electrons. The van der Waals surface area contributed by atoms with Gasteiger partial charge in [-0.3, -0.25) is 4.79 Å².